The lowest BCUT2D eigenvalue weighted by Gasteiger charge is -2.31. The van der Waals surface area contributed by atoms with Crippen LogP contribution in [0.3, 0.4) is 0 Å². The topological polar surface area (TPSA) is 128 Å². The highest BCUT2D eigenvalue weighted by atomic mass is 16.7. The van der Waals surface area contributed by atoms with E-state index in [0.717, 1.165) is 24.8 Å². The number of aliphatic carboxylic acids is 1. The van der Waals surface area contributed by atoms with Crippen LogP contribution in [-0.2, 0) is 32.1 Å². The summed E-state index contributed by atoms with van der Waals surface area (Å²) in [6.07, 6.45) is 0.000842. The number of hydrogen-bond donors (Lipinski definition) is 3. The Kier molecular flexibility index (Phi) is 7.83. The van der Waals surface area contributed by atoms with Crippen molar-refractivity contribution in [2.45, 2.75) is 57.2 Å². The molecule has 0 amide bonds. The minimum absolute atomic E-state index is 0.0232. The quantitative estimate of drug-likeness (QED) is 0.412. The van der Waals surface area contributed by atoms with Gasteiger partial charge >= 0.3 is 5.97 Å². The van der Waals surface area contributed by atoms with Crippen LogP contribution >= 0.6 is 0 Å². The van der Waals surface area contributed by atoms with Gasteiger partial charge < -0.3 is 30.2 Å². The van der Waals surface area contributed by atoms with E-state index in [4.69, 9.17) is 25.1 Å². The first kappa shape index (κ1) is 20.2. The number of carbonyl (C=O) groups excluding carboxylic acids is 1. The highest BCUT2D eigenvalue weighted by Crippen LogP contribution is 2.28. The van der Waals surface area contributed by atoms with Gasteiger partial charge in [-0.2, -0.15) is 0 Å². The Balaban J connectivity index is 2.13. The molecule has 4 N–H and O–H groups in total. The van der Waals surface area contributed by atoms with Crippen LogP contribution in [0.5, 0.6) is 5.75 Å². The van der Waals surface area contributed by atoms with Crippen molar-refractivity contribution in [3.05, 3.63) is 29.3 Å². The Morgan fingerprint density at radius 1 is 1.35 bits per heavy atom. The molecule has 0 aliphatic carbocycles. The number of carboxylic acids is 1. The molecule has 0 aromatic heterocycles. The summed E-state index contributed by atoms with van der Waals surface area (Å²) in [6, 6.07) is 5.54. The zero-order valence-corrected chi connectivity index (χ0v) is 14.5. The highest BCUT2D eigenvalue weighted by molar-refractivity contribution is 5.72. The number of nitrogens with two attached hydrogens (primary N) is 1. The van der Waals surface area contributed by atoms with Gasteiger partial charge in [-0.25, -0.2) is 4.79 Å². The van der Waals surface area contributed by atoms with Gasteiger partial charge in [-0.1, -0.05) is 12.1 Å². The van der Waals surface area contributed by atoms with Crippen molar-refractivity contribution in [2.75, 3.05) is 6.54 Å². The van der Waals surface area contributed by atoms with Crippen molar-refractivity contribution in [3.8, 4) is 5.75 Å². The summed E-state index contributed by atoms with van der Waals surface area (Å²) in [7, 11) is 0. The Bertz CT molecular complexity index is 607. The lowest BCUT2D eigenvalue weighted by atomic mass is 10.0. The number of unbranched alkanes of at least 4 members (excludes halogenated alkanes) is 1. The standard InChI is InChI=1S/C18H25NO7/c19-6-2-1-3-12-4-5-13(10-24-11-20)15(7-12)25-17-9-14(21)8-16(26-17)18(22)23/h4-5,7,11,14,16-17,21H,1-3,6,8-10,19H2,(H,22,23). The number of aliphatic hydroxyl groups is 1. The summed E-state index contributed by atoms with van der Waals surface area (Å²) in [4.78, 5) is 21.6. The van der Waals surface area contributed by atoms with Gasteiger partial charge in [0.15, 0.2) is 6.10 Å². The SMILES string of the molecule is NCCCCc1ccc(COC=O)c(OC2CC(O)CC(C(=O)O)O2)c1. The third-order valence-electron chi connectivity index (χ3n) is 4.16. The van der Waals surface area contributed by atoms with Crippen molar-refractivity contribution in [2.24, 2.45) is 5.73 Å². The molecule has 3 unspecified atom stereocenters. The van der Waals surface area contributed by atoms with Crippen molar-refractivity contribution < 1.29 is 34.0 Å². The van der Waals surface area contributed by atoms with Crippen LogP contribution in [0.15, 0.2) is 18.2 Å². The highest BCUT2D eigenvalue weighted by Gasteiger charge is 2.34. The van der Waals surface area contributed by atoms with Crippen LogP contribution < -0.4 is 10.5 Å². The predicted molar refractivity (Wildman–Crippen MR) is 91.5 cm³/mol. The normalized spacial score (nSPS) is 22.6. The van der Waals surface area contributed by atoms with Gasteiger partial charge in [0.1, 0.15) is 12.4 Å². The average molecular weight is 367 g/mol. The maximum absolute atomic E-state index is 11.1. The van der Waals surface area contributed by atoms with Gasteiger partial charge in [-0.3, -0.25) is 4.79 Å². The number of ether oxygens (including phenoxy) is 3. The number of aliphatic hydroxyl groups excluding tert-OH is 1. The molecule has 1 saturated heterocycles. The van der Waals surface area contributed by atoms with E-state index in [-0.39, 0.29) is 19.4 Å². The van der Waals surface area contributed by atoms with E-state index >= 15 is 0 Å². The van der Waals surface area contributed by atoms with E-state index in [1.165, 1.54) is 0 Å². The summed E-state index contributed by atoms with van der Waals surface area (Å²) in [5.41, 5.74) is 7.17. The number of aryl methyl sites for hydroxylation is 1. The number of carboxylic acid groups (broad SMARTS) is 1. The summed E-state index contributed by atoms with van der Waals surface area (Å²) < 4.78 is 16.0. The maximum Gasteiger partial charge on any atom is 0.333 e. The van der Waals surface area contributed by atoms with Crippen LogP contribution in [0.2, 0.25) is 0 Å². The Morgan fingerprint density at radius 3 is 2.85 bits per heavy atom. The van der Waals surface area contributed by atoms with Crippen LogP contribution in [0.4, 0.5) is 0 Å². The molecule has 1 aliphatic rings. The van der Waals surface area contributed by atoms with Crippen LogP contribution in [0, 0.1) is 0 Å². The van der Waals surface area contributed by atoms with E-state index in [0.29, 0.717) is 24.3 Å². The van der Waals surface area contributed by atoms with Crippen molar-refractivity contribution in [3.63, 3.8) is 0 Å². The van der Waals surface area contributed by atoms with Gasteiger partial charge in [0.25, 0.3) is 6.47 Å². The smallest absolute Gasteiger partial charge is 0.333 e. The number of rotatable bonds is 10. The van der Waals surface area contributed by atoms with E-state index < -0.39 is 24.5 Å². The molecule has 0 saturated carbocycles. The summed E-state index contributed by atoms with van der Waals surface area (Å²) in [6.45, 7) is 0.999. The Morgan fingerprint density at radius 2 is 2.15 bits per heavy atom. The monoisotopic (exact) mass is 367 g/mol. The Labute approximate surface area is 151 Å². The molecule has 1 aliphatic heterocycles. The fraction of sp³-hybridized carbons (Fsp3) is 0.556. The molecule has 1 aromatic carbocycles. The van der Waals surface area contributed by atoms with Crippen LogP contribution in [-0.4, -0.2) is 47.7 Å². The second kappa shape index (κ2) is 10.1. The minimum atomic E-state index is -1.14. The molecule has 2 rings (SSSR count). The van der Waals surface area contributed by atoms with Crippen molar-refractivity contribution >= 4 is 12.4 Å². The zero-order chi connectivity index (χ0) is 18.9. The summed E-state index contributed by atoms with van der Waals surface area (Å²) in [5.74, 6) is -0.697. The lowest BCUT2D eigenvalue weighted by molar-refractivity contribution is -0.195. The third kappa shape index (κ3) is 5.98. The zero-order valence-electron chi connectivity index (χ0n) is 14.5. The number of hydrogen-bond acceptors (Lipinski definition) is 7. The summed E-state index contributed by atoms with van der Waals surface area (Å²) >= 11 is 0. The van der Waals surface area contributed by atoms with Crippen LogP contribution in [0.25, 0.3) is 0 Å². The molecule has 8 heteroatoms. The first-order valence-corrected chi connectivity index (χ1v) is 8.63. The van der Waals surface area contributed by atoms with Gasteiger partial charge in [-0.05, 0) is 37.4 Å². The first-order valence-electron chi connectivity index (χ1n) is 8.63. The molecule has 1 aromatic rings. The fourth-order valence-corrected chi connectivity index (χ4v) is 2.82. The van der Waals surface area contributed by atoms with Gasteiger partial charge in [-0.15, -0.1) is 0 Å². The molecule has 3 atom stereocenters. The number of carbonyl (C=O) groups is 2. The molecule has 8 nitrogen and oxygen atoms in total. The van der Waals surface area contributed by atoms with E-state index in [9.17, 15) is 14.7 Å². The molecule has 26 heavy (non-hydrogen) atoms. The number of benzene rings is 1. The minimum Gasteiger partial charge on any atom is -0.479 e. The van der Waals surface area contributed by atoms with E-state index in [1.807, 2.05) is 12.1 Å². The van der Waals surface area contributed by atoms with E-state index in [1.54, 1.807) is 6.07 Å². The van der Waals surface area contributed by atoms with Gasteiger partial charge in [0, 0.05) is 18.4 Å². The molecule has 1 heterocycles. The van der Waals surface area contributed by atoms with Crippen LogP contribution in [0.1, 0.15) is 36.8 Å². The van der Waals surface area contributed by atoms with E-state index in [2.05, 4.69) is 0 Å². The van der Waals surface area contributed by atoms with Gasteiger partial charge in [0.2, 0.25) is 6.29 Å². The Hall–Kier alpha value is -2.16. The lowest BCUT2D eigenvalue weighted by Crippen LogP contribution is -2.42. The van der Waals surface area contributed by atoms with Crippen molar-refractivity contribution in [1.29, 1.82) is 0 Å². The predicted octanol–water partition coefficient (Wildman–Crippen LogP) is 0.970. The second-order valence-corrected chi connectivity index (χ2v) is 6.23. The first-order chi connectivity index (χ1) is 12.5. The molecule has 144 valence electrons. The third-order valence-corrected chi connectivity index (χ3v) is 4.16. The fourth-order valence-electron chi connectivity index (χ4n) is 2.82. The molecular weight excluding hydrogens is 342 g/mol. The molecule has 0 spiro atoms. The molecule has 0 bridgehead atoms. The average Bonchev–Trinajstić information content (AvgIpc) is 2.60. The van der Waals surface area contributed by atoms with Gasteiger partial charge in [0.05, 0.1) is 6.10 Å². The molecular formula is C18H25NO7. The molecule has 0 radical (unpaired) electrons. The molecule has 1 fully saturated rings. The largest absolute Gasteiger partial charge is 0.479 e. The van der Waals surface area contributed by atoms with Crippen molar-refractivity contribution in [1.82, 2.24) is 0 Å². The summed E-state index contributed by atoms with van der Waals surface area (Å²) in [5, 5.41) is 19.0. The second-order valence-electron chi connectivity index (χ2n) is 6.23. The maximum atomic E-state index is 11.1.